The van der Waals surface area contributed by atoms with E-state index in [9.17, 15) is 4.79 Å². The Bertz CT molecular complexity index is 223. The fraction of sp³-hybridized carbons (Fsp3) is 0.909. The zero-order valence-electron chi connectivity index (χ0n) is 10.3. The molecule has 0 aromatic rings. The van der Waals surface area contributed by atoms with E-state index in [2.05, 4.69) is 12.6 Å². The number of carbonyl (C=O) groups excluding carboxylic acids is 1. The second kappa shape index (κ2) is 5.21. The van der Waals surface area contributed by atoms with Crippen LogP contribution >= 0.6 is 12.6 Å². The van der Waals surface area contributed by atoms with Gasteiger partial charge in [0.2, 0.25) is 0 Å². The largest absolute Gasteiger partial charge is 0.459 e. The maximum Gasteiger partial charge on any atom is 0.327 e. The summed E-state index contributed by atoms with van der Waals surface area (Å²) in [5.41, 5.74) is 4.53. The summed E-state index contributed by atoms with van der Waals surface area (Å²) in [5, 5.41) is 0. The van der Waals surface area contributed by atoms with E-state index in [4.69, 9.17) is 10.5 Å². The average Bonchev–Trinajstić information content (AvgIpc) is 1.99. The van der Waals surface area contributed by atoms with Gasteiger partial charge in [0.05, 0.1) is 0 Å². The highest BCUT2D eigenvalue weighted by molar-refractivity contribution is 7.80. The van der Waals surface area contributed by atoms with Crippen molar-refractivity contribution in [1.29, 1.82) is 0 Å². The van der Waals surface area contributed by atoms with Crippen molar-refractivity contribution in [2.45, 2.75) is 52.2 Å². The van der Waals surface area contributed by atoms with Crippen molar-refractivity contribution in [2.75, 3.05) is 5.75 Å². The van der Waals surface area contributed by atoms with Crippen LogP contribution in [0.5, 0.6) is 0 Å². The highest BCUT2D eigenvalue weighted by Gasteiger charge is 2.37. The number of esters is 1. The van der Waals surface area contributed by atoms with Crippen LogP contribution in [0, 0.1) is 5.92 Å². The number of thiol groups is 1. The van der Waals surface area contributed by atoms with Gasteiger partial charge in [0.25, 0.3) is 0 Å². The highest BCUT2D eigenvalue weighted by atomic mass is 32.1. The zero-order valence-corrected chi connectivity index (χ0v) is 11.2. The molecule has 90 valence electrons. The molecule has 2 N–H and O–H groups in total. The summed E-state index contributed by atoms with van der Waals surface area (Å²) in [6.45, 7) is 9.54. The summed E-state index contributed by atoms with van der Waals surface area (Å²) in [7, 11) is 0. The van der Waals surface area contributed by atoms with E-state index >= 15 is 0 Å². The van der Waals surface area contributed by atoms with Crippen LogP contribution in [0.25, 0.3) is 0 Å². The third-order valence-corrected chi connectivity index (χ3v) is 2.42. The molecular formula is C11H23NO2S. The lowest BCUT2D eigenvalue weighted by Crippen LogP contribution is -2.53. The molecule has 0 amide bonds. The molecule has 15 heavy (non-hydrogen) atoms. The average molecular weight is 233 g/mol. The molecule has 0 unspecified atom stereocenters. The summed E-state index contributed by atoms with van der Waals surface area (Å²) in [6, 6.07) is 0. The van der Waals surface area contributed by atoms with Crippen molar-refractivity contribution in [2.24, 2.45) is 11.7 Å². The van der Waals surface area contributed by atoms with Gasteiger partial charge in [-0.05, 0) is 33.1 Å². The van der Waals surface area contributed by atoms with Crippen molar-refractivity contribution in [3.63, 3.8) is 0 Å². The lowest BCUT2D eigenvalue weighted by Gasteiger charge is -2.31. The maximum atomic E-state index is 11.9. The molecule has 0 radical (unpaired) electrons. The van der Waals surface area contributed by atoms with Gasteiger partial charge in [0, 0.05) is 5.75 Å². The molecule has 0 aromatic heterocycles. The third kappa shape index (κ3) is 5.42. The van der Waals surface area contributed by atoms with Gasteiger partial charge in [0.15, 0.2) is 0 Å². The quantitative estimate of drug-likeness (QED) is 0.577. The molecule has 0 rings (SSSR count). The van der Waals surface area contributed by atoms with Gasteiger partial charge in [-0.3, -0.25) is 4.79 Å². The van der Waals surface area contributed by atoms with Gasteiger partial charge in [-0.1, -0.05) is 13.8 Å². The first-order valence-electron chi connectivity index (χ1n) is 5.24. The van der Waals surface area contributed by atoms with Gasteiger partial charge < -0.3 is 10.5 Å². The third-order valence-electron chi connectivity index (χ3n) is 1.86. The van der Waals surface area contributed by atoms with E-state index in [1.54, 1.807) is 0 Å². The number of ether oxygens (including phenoxy) is 1. The van der Waals surface area contributed by atoms with Crippen molar-refractivity contribution in [3.05, 3.63) is 0 Å². The molecular weight excluding hydrogens is 210 g/mol. The fourth-order valence-electron chi connectivity index (χ4n) is 1.32. The minimum atomic E-state index is -0.968. The molecule has 0 heterocycles. The fourth-order valence-corrected chi connectivity index (χ4v) is 1.58. The van der Waals surface area contributed by atoms with E-state index in [-0.39, 0.29) is 5.97 Å². The Kier molecular flexibility index (Phi) is 5.14. The first-order chi connectivity index (χ1) is 6.60. The van der Waals surface area contributed by atoms with Crippen LogP contribution in [-0.4, -0.2) is 22.9 Å². The molecule has 0 aliphatic heterocycles. The van der Waals surface area contributed by atoms with Crippen molar-refractivity contribution in [1.82, 2.24) is 0 Å². The standard InChI is InChI=1S/C11H23NO2S/c1-8(2)6-11(12,7-15)9(13)14-10(3,4)5/h8,15H,6-7,12H2,1-5H3/t11-/m1/s1. The first-order valence-corrected chi connectivity index (χ1v) is 5.87. The molecule has 0 saturated carbocycles. The smallest absolute Gasteiger partial charge is 0.327 e. The molecule has 0 spiro atoms. The number of nitrogens with two attached hydrogens (primary N) is 1. The Morgan fingerprint density at radius 1 is 1.40 bits per heavy atom. The summed E-state index contributed by atoms with van der Waals surface area (Å²) >= 11 is 4.14. The van der Waals surface area contributed by atoms with E-state index in [0.717, 1.165) is 0 Å². The SMILES string of the molecule is CC(C)C[C@@](N)(CS)C(=O)OC(C)(C)C. The van der Waals surface area contributed by atoms with Crippen molar-refractivity contribution < 1.29 is 9.53 Å². The Labute approximate surface area is 98.2 Å². The van der Waals surface area contributed by atoms with E-state index in [0.29, 0.717) is 18.1 Å². The molecule has 0 fully saturated rings. The second-order valence-corrected chi connectivity index (χ2v) is 5.73. The number of rotatable bonds is 4. The highest BCUT2D eigenvalue weighted by Crippen LogP contribution is 2.20. The Balaban J connectivity index is 4.59. The van der Waals surface area contributed by atoms with Gasteiger partial charge in [-0.2, -0.15) is 12.6 Å². The van der Waals surface area contributed by atoms with Gasteiger partial charge in [0.1, 0.15) is 11.1 Å². The number of hydrogen-bond donors (Lipinski definition) is 2. The van der Waals surface area contributed by atoms with Crippen molar-refractivity contribution in [3.8, 4) is 0 Å². The molecule has 0 aliphatic carbocycles. The summed E-state index contributed by atoms with van der Waals surface area (Å²) in [6.07, 6.45) is 0.589. The van der Waals surface area contributed by atoms with Gasteiger partial charge in [-0.15, -0.1) is 0 Å². The second-order valence-electron chi connectivity index (χ2n) is 5.41. The topological polar surface area (TPSA) is 52.3 Å². The van der Waals surface area contributed by atoms with Crippen LogP contribution in [0.2, 0.25) is 0 Å². The minimum absolute atomic E-state index is 0.306. The van der Waals surface area contributed by atoms with E-state index in [1.165, 1.54) is 0 Å². The Morgan fingerprint density at radius 2 is 1.87 bits per heavy atom. The summed E-state index contributed by atoms with van der Waals surface area (Å²) in [4.78, 5) is 11.9. The van der Waals surface area contributed by atoms with Crippen LogP contribution < -0.4 is 5.73 Å². The minimum Gasteiger partial charge on any atom is -0.459 e. The molecule has 0 aromatic carbocycles. The van der Waals surface area contributed by atoms with Crippen LogP contribution in [0.4, 0.5) is 0 Å². The van der Waals surface area contributed by atoms with Crippen LogP contribution in [0.3, 0.4) is 0 Å². The zero-order chi connectivity index (χ0) is 12.3. The summed E-state index contributed by atoms with van der Waals surface area (Å²) in [5.74, 6) is 0.286. The molecule has 0 aliphatic rings. The van der Waals surface area contributed by atoms with Crippen molar-refractivity contribution >= 4 is 18.6 Å². The maximum absolute atomic E-state index is 11.9. The number of hydrogen-bond acceptors (Lipinski definition) is 4. The Hall–Kier alpha value is -0.220. The van der Waals surface area contributed by atoms with Gasteiger partial charge in [-0.25, -0.2) is 0 Å². The van der Waals surface area contributed by atoms with Crippen LogP contribution in [-0.2, 0) is 9.53 Å². The summed E-state index contributed by atoms with van der Waals surface area (Å²) < 4.78 is 5.28. The molecule has 1 atom stereocenters. The first kappa shape index (κ1) is 14.8. The molecule has 3 nitrogen and oxygen atoms in total. The Morgan fingerprint density at radius 3 is 2.13 bits per heavy atom. The van der Waals surface area contributed by atoms with E-state index < -0.39 is 11.1 Å². The molecule has 4 heteroatoms. The lowest BCUT2D eigenvalue weighted by atomic mass is 9.91. The molecule has 0 saturated heterocycles. The lowest BCUT2D eigenvalue weighted by molar-refractivity contribution is -0.161. The molecule has 0 bridgehead atoms. The monoisotopic (exact) mass is 233 g/mol. The normalized spacial score (nSPS) is 16.3. The predicted molar refractivity (Wildman–Crippen MR) is 66.1 cm³/mol. The predicted octanol–water partition coefficient (Wildman–Crippen LogP) is 2.00. The number of carbonyl (C=O) groups is 1. The van der Waals surface area contributed by atoms with E-state index in [1.807, 2.05) is 34.6 Å². The van der Waals surface area contributed by atoms with Crippen LogP contribution in [0.1, 0.15) is 41.0 Å². The van der Waals surface area contributed by atoms with Crippen LogP contribution in [0.15, 0.2) is 0 Å². The van der Waals surface area contributed by atoms with Gasteiger partial charge >= 0.3 is 5.97 Å².